The maximum atomic E-state index is 13.4. The van der Waals surface area contributed by atoms with Gasteiger partial charge in [-0.25, -0.2) is 0 Å². The normalized spacial score (nSPS) is 11.8. The quantitative estimate of drug-likeness (QED) is 0.402. The summed E-state index contributed by atoms with van der Waals surface area (Å²) in [5, 5.41) is 11.9. The van der Waals surface area contributed by atoms with Gasteiger partial charge in [0.25, 0.3) is 0 Å². The van der Waals surface area contributed by atoms with Crippen LogP contribution >= 0.6 is 11.8 Å². The number of carbonyl (C=O) groups is 1. The highest BCUT2D eigenvalue weighted by Gasteiger charge is 2.26. The van der Waals surface area contributed by atoms with Crippen LogP contribution in [0, 0.1) is 20.8 Å². The number of nitrogens with zero attached hydrogens (tertiary/aromatic N) is 3. The second kappa shape index (κ2) is 9.18. The SMILES string of the molecule is Cc1cc(C)cc(NC(=O)[C@@H](Sc2nnc(C)n2-c2ccccc2)c2ccccc2)c1. The molecule has 0 saturated heterocycles. The molecule has 1 aromatic heterocycles. The number of benzene rings is 3. The molecule has 0 spiro atoms. The first-order valence-corrected chi connectivity index (χ1v) is 11.0. The van der Waals surface area contributed by atoms with Crippen molar-refractivity contribution in [2.24, 2.45) is 0 Å². The molecule has 0 fully saturated rings. The van der Waals surface area contributed by atoms with Gasteiger partial charge in [-0.2, -0.15) is 0 Å². The fourth-order valence-corrected chi connectivity index (χ4v) is 4.66. The van der Waals surface area contributed by atoms with Gasteiger partial charge in [0, 0.05) is 11.4 Å². The lowest BCUT2D eigenvalue weighted by Crippen LogP contribution is -2.19. The van der Waals surface area contributed by atoms with Gasteiger partial charge in [0.1, 0.15) is 11.1 Å². The van der Waals surface area contributed by atoms with Crippen molar-refractivity contribution in [3.8, 4) is 5.69 Å². The predicted octanol–water partition coefficient (Wildman–Crippen LogP) is 5.66. The lowest BCUT2D eigenvalue weighted by atomic mass is 10.1. The Labute approximate surface area is 186 Å². The van der Waals surface area contributed by atoms with Crippen molar-refractivity contribution in [2.75, 3.05) is 5.32 Å². The van der Waals surface area contributed by atoms with E-state index >= 15 is 0 Å². The van der Waals surface area contributed by atoms with E-state index in [2.05, 4.69) is 21.6 Å². The van der Waals surface area contributed by atoms with Crippen LogP contribution in [0.3, 0.4) is 0 Å². The third-order valence-corrected chi connectivity index (χ3v) is 6.06. The summed E-state index contributed by atoms with van der Waals surface area (Å²) in [5.74, 6) is 0.677. The van der Waals surface area contributed by atoms with Crippen molar-refractivity contribution in [3.05, 3.63) is 101 Å². The minimum absolute atomic E-state index is 0.0959. The summed E-state index contributed by atoms with van der Waals surface area (Å²) in [7, 11) is 0. The van der Waals surface area contributed by atoms with Crippen molar-refractivity contribution in [1.82, 2.24) is 14.8 Å². The standard InChI is InChI=1S/C25H24N4OS/c1-17-14-18(2)16-21(15-17)26-24(30)23(20-10-6-4-7-11-20)31-25-28-27-19(3)29(25)22-12-8-5-9-13-22/h4-16,23H,1-3H3,(H,26,30)/t23-/m0/s1. The highest BCUT2D eigenvalue weighted by Crippen LogP contribution is 2.36. The number of anilines is 1. The van der Waals surface area contributed by atoms with Gasteiger partial charge in [-0.05, 0) is 61.7 Å². The maximum Gasteiger partial charge on any atom is 0.242 e. The number of hydrogen-bond acceptors (Lipinski definition) is 4. The number of amides is 1. The zero-order valence-corrected chi connectivity index (χ0v) is 18.6. The molecule has 156 valence electrons. The summed E-state index contributed by atoms with van der Waals surface area (Å²) in [6, 6.07) is 25.8. The number of thioether (sulfide) groups is 1. The lowest BCUT2D eigenvalue weighted by Gasteiger charge is -2.18. The second-order valence-corrected chi connectivity index (χ2v) is 8.55. The van der Waals surface area contributed by atoms with Gasteiger partial charge in [0.15, 0.2) is 5.16 Å². The Balaban J connectivity index is 1.68. The van der Waals surface area contributed by atoms with E-state index in [1.54, 1.807) is 0 Å². The van der Waals surface area contributed by atoms with Crippen LogP contribution in [-0.4, -0.2) is 20.7 Å². The molecule has 0 aliphatic carbocycles. The van der Waals surface area contributed by atoms with E-state index in [9.17, 15) is 4.79 Å². The van der Waals surface area contributed by atoms with Gasteiger partial charge in [-0.15, -0.1) is 10.2 Å². The third-order valence-electron chi connectivity index (χ3n) is 4.86. The molecular weight excluding hydrogens is 404 g/mol. The van der Waals surface area contributed by atoms with Crippen LogP contribution in [0.25, 0.3) is 5.69 Å². The molecular formula is C25H24N4OS. The molecule has 1 amide bonds. The monoisotopic (exact) mass is 428 g/mol. The van der Waals surface area contributed by atoms with Crippen molar-refractivity contribution in [2.45, 2.75) is 31.2 Å². The van der Waals surface area contributed by atoms with Gasteiger partial charge >= 0.3 is 0 Å². The Bertz CT molecular complexity index is 1170. The molecule has 1 atom stereocenters. The Hall–Kier alpha value is -3.38. The first-order chi connectivity index (χ1) is 15.0. The molecule has 0 saturated carbocycles. The molecule has 5 nitrogen and oxygen atoms in total. The first-order valence-electron chi connectivity index (χ1n) is 10.1. The van der Waals surface area contributed by atoms with Gasteiger partial charge in [-0.1, -0.05) is 66.4 Å². The number of nitrogens with one attached hydrogen (secondary N) is 1. The molecule has 31 heavy (non-hydrogen) atoms. The molecule has 0 bridgehead atoms. The van der Waals surface area contributed by atoms with E-state index in [0.717, 1.165) is 33.9 Å². The van der Waals surface area contributed by atoms with E-state index in [1.807, 2.05) is 98.1 Å². The van der Waals surface area contributed by atoms with Crippen LogP contribution in [0.4, 0.5) is 5.69 Å². The molecule has 4 rings (SSSR count). The van der Waals surface area contributed by atoms with Crippen LogP contribution < -0.4 is 5.32 Å². The van der Waals surface area contributed by atoms with Crippen LogP contribution in [0.1, 0.15) is 27.8 Å². The van der Waals surface area contributed by atoms with Crippen LogP contribution in [-0.2, 0) is 4.79 Å². The highest BCUT2D eigenvalue weighted by atomic mass is 32.2. The Morgan fingerprint density at radius 1 is 0.871 bits per heavy atom. The summed E-state index contributed by atoms with van der Waals surface area (Å²) in [6.45, 7) is 5.96. The van der Waals surface area contributed by atoms with E-state index in [4.69, 9.17) is 0 Å². The van der Waals surface area contributed by atoms with Crippen molar-refractivity contribution >= 4 is 23.4 Å². The minimum Gasteiger partial charge on any atom is -0.325 e. The van der Waals surface area contributed by atoms with Gasteiger partial charge < -0.3 is 5.32 Å². The Morgan fingerprint density at radius 3 is 2.13 bits per heavy atom. The number of aromatic nitrogens is 3. The zero-order chi connectivity index (χ0) is 21.8. The molecule has 0 unspecified atom stereocenters. The fraction of sp³-hybridized carbons (Fsp3) is 0.160. The average Bonchev–Trinajstić information content (AvgIpc) is 3.12. The first kappa shape index (κ1) is 20.9. The molecule has 4 aromatic rings. The molecule has 6 heteroatoms. The maximum absolute atomic E-state index is 13.4. The Morgan fingerprint density at radius 2 is 1.48 bits per heavy atom. The minimum atomic E-state index is -0.479. The lowest BCUT2D eigenvalue weighted by molar-refractivity contribution is -0.115. The smallest absolute Gasteiger partial charge is 0.242 e. The van der Waals surface area contributed by atoms with Gasteiger partial charge in [-0.3, -0.25) is 9.36 Å². The van der Waals surface area contributed by atoms with E-state index in [0.29, 0.717) is 5.16 Å². The summed E-state index contributed by atoms with van der Waals surface area (Å²) in [5.41, 5.74) is 4.89. The van der Waals surface area contributed by atoms with Crippen molar-refractivity contribution in [3.63, 3.8) is 0 Å². The Kier molecular flexibility index (Phi) is 6.18. The summed E-state index contributed by atoms with van der Waals surface area (Å²) in [4.78, 5) is 13.4. The molecule has 0 radical (unpaired) electrons. The summed E-state index contributed by atoms with van der Waals surface area (Å²) < 4.78 is 1.98. The topological polar surface area (TPSA) is 59.8 Å². The van der Waals surface area contributed by atoms with E-state index in [-0.39, 0.29) is 5.91 Å². The van der Waals surface area contributed by atoms with E-state index < -0.39 is 5.25 Å². The summed E-state index contributed by atoms with van der Waals surface area (Å²) >= 11 is 1.40. The fourth-order valence-electron chi connectivity index (χ4n) is 3.55. The second-order valence-electron chi connectivity index (χ2n) is 7.47. The number of carbonyl (C=O) groups excluding carboxylic acids is 1. The number of hydrogen-bond donors (Lipinski definition) is 1. The van der Waals surface area contributed by atoms with Crippen molar-refractivity contribution < 1.29 is 4.79 Å². The highest BCUT2D eigenvalue weighted by molar-refractivity contribution is 8.00. The predicted molar refractivity (Wildman–Crippen MR) is 126 cm³/mol. The van der Waals surface area contributed by atoms with Crippen LogP contribution in [0.15, 0.2) is 84.0 Å². The molecule has 0 aliphatic rings. The zero-order valence-electron chi connectivity index (χ0n) is 17.7. The third kappa shape index (κ3) is 4.86. The largest absolute Gasteiger partial charge is 0.325 e. The van der Waals surface area contributed by atoms with Gasteiger partial charge in [0.05, 0.1) is 0 Å². The number of aryl methyl sites for hydroxylation is 3. The molecule has 1 heterocycles. The molecule has 0 aliphatic heterocycles. The van der Waals surface area contributed by atoms with Crippen molar-refractivity contribution in [1.29, 1.82) is 0 Å². The number of rotatable bonds is 6. The molecule has 3 aromatic carbocycles. The average molecular weight is 429 g/mol. The van der Waals surface area contributed by atoms with Gasteiger partial charge in [0.2, 0.25) is 5.91 Å². The molecule has 1 N–H and O–H groups in total. The summed E-state index contributed by atoms with van der Waals surface area (Å²) in [6.07, 6.45) is 0. The van der Waals surface area contributed by atoms with Crippen LogP contribution in [0.2, 0.25) is 0 Å². The van der Waals surface area contributed by atoms with Crippen LogP contribution in [0.5, 0.6) is 0 Å². The van der Waals surface area contributed by atoms with E-state index in [1.165, 1.54) is 11.8 Å². The number of para-hydroxylation sites is 1.